The second-order valence-electron chi connectivity index (χ2n) is 7.78. The van der Waals surface area contributed by atoms with Crippen LogP contribution in [-0.4, -0.2) is 57.7 Å². The van der Waals surface area contributed by atoms with Crippen molar-refractivity contribution < 1.29 is 28.9 Å². The van der Waals surface area contributed by atoms with E-state index in [1.54, 1.807) is 5.38 Å². The quantitative estimate of drug-likeness (QED) is 0.239. The van der Waals surface area contributed by atoms with Gasteiger partial charge in [0.1, 0.15) is 18.8 Å². The van der Waals surface area contributed by atoms with Crippen molar-refractivity contribution in [1.82, 2.24) is 15.2 Å². The van der Waals surface area contributed by atoms with E-state index in [2.05, 4.69) is 15.5 Å². The van der Waals surface area contributed by atoms with Gasteiger partial charge < -0.3 is 21.0 Å². The van der Waals surface area contributed by atoms with Gasteiger partial charge in [0.25, 0.3) is 11.8 Å². The van der Waals surface area contributed by atoms with Gasteiger partial charge in [-0.2, -0.15) is 4.57 Å². The number of carboxylic acids is 1. The SMILES string of the molecule is CON=C(C(=O)N[C@H]1C(=O)N2C(C(=O)O)=C([n+]3cc(C)ccc3C)CCC12)c1csc(N)n1. The van der Waals surface area contributed by atoms with E-state index in [-0.39, 0.29) is 22.2 Å². The minimum atomic E-state index is -1.19. The van der Waals surface area contributed by atoms with E-state index < -0.39 is 29.9 Å². The average Bonchev–Trinajstić information content (AvgIpc) is 3.21. The molecule has 11 nitrogen and oxygen atoms in total. The fourth-order valence-corrected chi connectivity index (χ4v) is 4.70. The fourth-order valence-electron chi connectivity index (χ4n) is 4.15. The number of oxime groups is 1. The number of allylic oxidation sites excluding steroid dienone is 1. The first-order chi connectivity index (χ1) is 15.7. The highest BCUT2D eigenvalue weighted by atomic mass is 32.1. The topological polar surface area (TPSA) is 151 Å². The zero-order chi connectivity index (χ0) is 23.9. The standard InChI is InChI=1S/C21H22N6O5S/c1-10-4-5-11(2)26(8-10)14-7-6-13-16(19(29)27(13)17(14)20(30)31)24-18(28)15(25-32-3)12-9-33-21(22)23-12/h4-5,8-9,13,16H,6-7H2,1-3H3,(H3-,22,23,24,28,30,31)/p+1/t13?,16-/m1/s1. The summed E-state index contributed by atoms with van der Waals surface area (Å²) in [7, 11) is 1.29. The molecule has 2 aliphatic heterocycles. The van der Waals surface area contributed by atoms with Crippen molar-refractivity contribution in [3.05, 3.63) is 46.4 Å². The van der Waals surface area contributed by atoms with E-state index in [1.165, 1.54) is 12.0 Å². The summed E-state index contributed by atoms with van der Waals surface area (Å²) in [6.07, 6.45) is 2.77. The van der Waals surface area contributed by atoms with Gasteiger partial charge in [-0.3, -0.25) is 14.5 Å². The van der Waals surface area contributed by atoms with Crippen molar-refractivity contribution in [2.45, 2.75) is 38.8 Å². The van der Waals surface area contributed by atoms with Crippen molar-refractivity contribution in [2.75, 3.05) is 12.8 Å². The minimum Gasteiger partial charge on any atom is -0.476 e. The number of nitrogens with one attached hydrogen (secondary N) is 1. The number of carbonyl (C=O) groups excluding carboxylic acids is 2. The number of nitrogen functional groups attached to an aromatic ring is 1. The Morgan fingerprint density at radius 1 is 1.39 bits per heavy atom. The molecule has 0 aromatic carbocycles. The molecule has 2 aromatic heterocycles. The van der Waals surface area contributed by atoms with Crippen LogP contribution in [0.1, 0.15) is 29.8 Å². The van der Waals surface area contributed by atoms with E-state index >= 15 is 0 Å². The Morgan fingerprint density at radius 3 is 2.79 bits per heavy atom. The van der Waals surface area contributed by atoms with Crippen molar-refractivity contribution in [3.8, 4) is 0 Å². The number of rotatable bonds is 6. The molecule has 2 aliphatic rings. The monoisotopic (exact) mass is 471 g/mol. The number of aliphatic carboxylic acids is 1. The summed E-state index contributed by atoms with van der Waals surface area (Å²) in [5.74, 6) is -2.35. The number of carbonyl (C=O) groups is 3. The predicted molar refractivity (Wildman–Crippen MR) is 119 cm³/mol. The van der Waals surface area contributed by atoms with Gasteiger partial charge in [0.05, 0.1) is 6.04 Å². The summed E-state index contributed by atoms with van der Waals surface area (Å²) in [6.45, 7) is 3.79. The lowest BCUT2D eigenvalue weighted by Crippen LogP contribution is -2.72. The molecule has 0 bridgehead atoms. The summed E-state index contributed by atoms with van der Waals surface area (Å²) in [4.78, 5) is 48.1. The lowest BCUT2D eigenvalue weighted by atomic mass is 9.85. The van der Waals surface area contributed by atoms with Crippen LogP contribution < -0.4 is 15.6 Å². The van der Waals surface area contributed by atoms with Crippen LogP contribution in [0, 0.1) is 13.8 Å². The molecule has 4 rings (SSSR count). The first-order valence-electron chi connectivity index (χ1n) is 10.1. The molecule has 172 valence electrons. The van der Waals surface area contributed by atoms with Gasteiger partial charge >= 0.3 is 5.97 Å². The molecule has 33 heavy (non-hydrogen) atoms. The highest BCUT2D eigenvalue weighted by Gasteiger charge is 2.55. The van der Waals surface area contributed by atoms with Crippen LogP contribution in [0.5, 0.6) is 0 Å². The third-order valence-electron chi connectivity index (χ3n) is 5.65. The molecule has 1 fully saturated rings. The third-order valence-corrected chi connectivity index (χ3v) is 6.33. The predicted octanol–water partition coefficient (Wildman–Crippen LogP) is 0.423. The summed E-state index contributed by atoms with van der Waals surface area (Å²) < 4.78 is 1.81. The number of thiazole rings is 1. The summed E-state index contributed by atoms with van der Waals surface area (Å²) in [5, 5.41) is 18.1. The van der Waals surface area contributed by atoms with Crippen LogP contribution in [0.2, 0.25) is 0 Å². The highest BCUT2D eigenvalue weighted by Crippen LogP contribution is 2.37. The van der Waals surface area contributed by atoms with Gasteiger partial charge in [0.15, 0.2) is 28.4 Å². The molecule has 1 saturated heterocycles. The van der Waals surface area contributed by atoms with Crippen molar-refractivity contribution in [1.29, 1.82) is 0 Å². The van der Waals surface area contributed by atoms with E-state index in [0.29, 0.717) is 18.5 Å². The van der Waals surface area contributed by atoms with Crippen molar-refractivity contribution >= 4 is 45.7 Å². The Morgan fingerprint density at radius 2 is 2.15 bits per heavy atom. The molecule has 4 N–H and O–H groups in total. The maximum atomic E-state index is 13.0. The Bertz CT molecular complexity index is 1220. The first-order valence-corrected chi connectivity index (χ1v) is 11.0. The first kappa shape index (κ1) is 22.4. The zero-order valence-electron chi connectivity index (χ0n) is 18.2. The average molecular weight is 472 g/mol. The Balaban J connectivity index is 1.61. The Labute approximate surface area is 193 Å². The number of nitrogens with two attached hydrogens (primary N) is 1. The number of aromatic nitrogens is 2. The number of aryl methyl sites for hydroxylation is 2. The summed E-state index contributed by atoms with van der Waals surface area (Å²) >= 11 is 1.14. The maximum absolute atomic E-state index is 13.0. The van der Waals surface area contributed by atoms with Crippen molar-refractivity contribution in [3.63, 3.8) is 0 Å². The number of amides is 2. The lowest BCUT2D eigenvalue weighted by Gasteiger charge is -2.48. The number of β-lactam (4-membered cyclic amide) rings is 1. The second-order valence-corrected chi connectivity index (χ2v) is 8.67. The van der Waals surface area contributed by atoms with E-state index in [9.17, 15) is 19.5 Å². The van der Waals surface area contributed by atoms with Crippen LogP contribution in [0.4, 0.5) is 5.13 Å². The Hall–Kier alpha value is -3.80. The number of nitrogens with zero attached hydrogens (tertiary/aromatic N) is 4. The Kier molecular flexibility index (Phi) is 5.85. The molecule has 4 heterocycles. The number of hydrogen-bond donors (Lipinski definition) is 3. The molecular formula is C21H23N6O5S+. The minimum absolute atomic E-state index is 0.0708. The number of carboxylic acid groups (broad SMARTS) is 1. The molecule has 2 amide bonds. The second kappa shape index (κ2) is 8.62. The molecule has 0 radical (unpaired) electrons. The largest absolute Gasteiger partial charge is 0.476 e. The van der Waals surface area contributed by atoms with Crippen molar-refractivity contribution in [2.24, 2.45) is 5.16 Å². The molecule has 0 aliphatic carbocycles. The van der Waals surface area contributed by atoms with E-state index in [4.69, 9.17) is 10.6 Å². The fraction of sp³-hybridized carbons (Fsp3) is 0.333. The van der Waals surface area contributed by atoms with Gasteiger partial charge in [-0.25, -0.2) is 9.78 Å². The van der Waals surface area contributed by atoms with Gasteiger partial charge in [-0.15, -0.1) is 11.3 Å². The van der Waals surface area contributed by atoms with Gasteiger partial charge in [0, 0.05) is 30.4 Å². The molecule has 2 atom stereocenters. The van der Waals surface area contributed by atoms with Gasteiger partial charge in [0.2, 0.25) is 5.70 Å². The molecule has 0 saturated carbocycles. The molecule has 0 spiro atoms. The van der Waals surface area contributed by atoms with Crippen LogP contribution in [0.3, 0.4) is 0 Å². The van der Waals surface area contributed by atoms with Gasteiger partial charge in [-0.1, -0.05) is 5.16 Å². The molecule has 1 unspecified atom stereocenters. The smallest absolute Gasteiger partial charge is 0.359 e. The maximum Gasteiger partial charge on any atom is 0.359 e. The molecular weight excluding hydrogens is 448 g/mol. The van der Waals surface area contributed by atoms with Crippen LogP contribution in [0.25, 0.3) is 5.70 Å². The normalized spacial score (nSPS) is 20.3. The number of fused-ring (bicyclic) bond motifs is 1. The lowest BCUT2D eigenvalue weighted by molar-refractivity contribution is -0.592. The number of pyridine rings is 1. The number of anilines is 1. The molecule has 2 aromatic rings. The highest BCUT2D eigenvalue weighted by molar-refractivity contribution is 7.13. The van der Waals surface area contributed by atoms with Crippen LogP contribution in [-0.2, 0) is 19.2 Å². The van der Waals surface area contributed by atoms with Gasteiger partial charge in [-0.05, 0) is 19.4 Å². The zero-order valence-corrected chi connectivity index (χ0v) is 19.0. The summed E-state index contributed by atoms with van der Waals surface area (Å²) in [5.41, 5.74) is 8.04. The van der Waals surface area contributed by atoms with E-state index in [1.807, 2.05) is 36.7 Å². The van der Waals surface area contributed by atoms with Crippen LogP contribution in [0.15, 0.2) is 34.6 Å². The number of hydrogen-bond acceptors (Lipinski definition) is 8. The summed E-state index contributed by atoms with van der Waals surface area (Å²) in [6, 6.07) is 2.48. The van der Waals surface area contributed by atoms with E-state index in [0.717, 1.165) is 22.6 Å². The van der Waals surface area contributed by atoms with Crippen LogP contribution >= 0.6 is 11.3 Å². The third kappa shape index (κ3) is 3.93. The molecule has 12 heteroatoms.